The fourth-order valence-electron chi connectivity index (χ4n) is 2.48. The van der Waals surface area contributed by atoms with Gasteiger partial charge in [0.15, 0.2) is 0 Å². The van der Waals surface area contributed by atoms with Crippen molar-refractivity contribution in [2.24, 2.45) is 0 Å². The zero-order valence-electron chi connectivity index (χ0n) is 18.3. The van der Waals surface area contributed by atoms with Crippen molar-refractivity contribution in [2.45, 2.75) is 52.6 Å². The van der Waals surface area contributed by atoms with Crippen LogP contribution < -0.4 is 20.7 Å². The zero-order chi connectivity index (χ0) is 22.3. The average molecular weight is 435 g/mol. The van der Waals surface area contributed by atoms with Crippen molar-refractivity contribution < 1.29 is 19.1 Å². The topological polar surface area (TPSA) is 102 Å². The van der Waals surface area contributed by atoms with E-state index in [-0.39, 0.29) is 6.03 Å². The summed E-state index contributed by atoms with van der Waals surface area (Å²) in [5, 5.41) is 11.3. The fourth-order valence-corrected chi connectivity index (χ4v) is 3.35. The highest BCUT2D eigenvalue weighted by atomic mass is 32.1. The second-order valence-electron chi connectivity index (χ2n) is 8.00. The van der Waals surface area contributed by atoms with Crippen LogP contribution in [0.5, 0.6) is 5.75 Å². The Morgan fingerprint density at radius 3 is 2.53 bits per heavy atom. The summed E-state index contributed by atoms with van der Waals surface area (Å²) in [5.74, 6) is 0.856. The van der Waals surface area contributed by atoms with Gasteiger partial charge in [0.1, 0.15) is 11.4 Å². The molecule has 3 N–H and O–H groups in total. The number of hydrogen-bond acceptors (Lipinski definition) is 6. The number of ether oxygens (including phenoxy) is 2. The Morgan fingerprint density at radius 2 is 1.93 bits per heavy atom. The van der Waals surface area contributed by atoms with Gasteiger partial charge in [-0.05, 0) is 39.0 Å². The maximum absolute atomic E-state index is 12.2. The molecule has 0 atom stereocenters. The van der Waals surface area contributed by atoms with Gasteiger partial charge >= 0.3 is 12.1 Å². The Labute approximate surface area is 181 Å². The van der Waals surface area contributed by atoms with Crippen LogP contribution in [-0.2, 0) is 11.2 Å². The molecule has 1 heterocycles. The molecule has 164 valence electrons. The molecule has 3 amide bonds. The molecule has 1 aromatic carbocycles. The van der Waals surface area contributed by atoms with Crippen molar-refractivity contribution in [3.63, 3.8) is 0 Å². The number of amides is 3. The van der Waals surface area contributed by atoms with E-state index in [4.69, 9.17) is 9.47 Å². The lowest BCUT2D eigenvalue weighted by atomic mass is 10.2. The van der Waals surface area contributed by atoms with Crippen LogP contribution in [0.1, 0.15) is 51.2 Å². The van der Waals surface area contributed by atoms with Crippen LogP contribution in [-0.4, -0.2) is 36.4 Å². The molecule has 30 heavy (non-hydrogen) atoms. The lowest BCUT2D eigenvalue weighted by molar-refractivity contribution is 0.0635. The van der Waals surface area contributed by atoms with E-state index in [9.17, 15) is 9.59 Å². The van der Waals surface area contributed by atoms with Crippen molar-refractivity contribution in [1.82, 2.24) is 10.3 Å². The second-order valence-corrected chi connectivity index (χ2v) is 8.89. The van der Waals surface area contributed by atoms with Gasteiger partial charge in [-0.3, -0.25) is 5.32 Å². The van der Waals surface area contributed by atoms with Crippen molar-refractivity contribution in [2.75, 3.05) is 24.3 Å². The van der Waals surface area contributed by atoms with E-state index >= 15 is 0 Å². The van der Waals surface area contributed by atoms with E-state index in [2.05, 4.69) is 34.8 Å². The molecule has 0 bridgehead atoms. The molecular formula is C21H30N4O4S. The summed E-state index contributed by atoms with van der Waals surface area (Å²) < 4.78 is 10.5. The quantitative estimate of drug-likeness (QED) is 0.570. The molecule has 0 aliphatic carbocycles. The molecule has 0 saturated heterocycles. The normalized spacial score (nSPS) is 11.2. The van der Waals surface area contributed by atoms with Gasteiger partial charge in [-0.1, -0.05) is 13.8 Å². The first-order valence-corrected chi connectivity index (χ1v) is 10.6. The first-order valence-electron chi connectivity index (χ1n) is 9.74. The van der Waals surface area contributed by atoms with Crippen LogP contribution in [0.2, 0.25) is 0 Å². The predicted molar refractivity (Wildman–Crippen MR) is 120 cm³/mol. The van der Waals surface area contributed by atoms with Gasteiger partial charge in [-0.2, -0.15) is 0 Å². The first-order chi connectivity index (χ1) is 14.1. The van der Waals surface area contributed by atoms with Crippen LogP contribution in [0.3, 0.4) is 0 Å². The number of benzene rings is 1. The molecule has 0 aliphatic rings. The number of urea groups is 1. The highest BCUT2D eigenvalue weighted by Crippen LogP contribution is 2.28. The van der Waals surface area contributed by atoms with Crippen molar-refractivity contribution >= 4 is 34.8 Å². The van der Waals surface area contributed by atoms with Crippen LogP contribution in [0.25, 0.3) is 0 Å². The third kappa shape index (κ3) is 7.55. The number of anilines is 2. The van der Waals surface area contributed by atoms with Crippen molar-refractivity contribution in [3.8, 4) is 5.75 Å². The molecule has 0 fully saturated rings. The molecule has 2 aromatic rings. The lowest BCUT2D eigenvalue weighted by Gasteiger charge is -2.20. The van der Waals surface area contributed by atoms with E-state index < -0.39 is 11.7 Å². The molecule has 1 aromatic heterocycles. The van der Waals surface area contributed by atoms with Crippen molar-refractivity contribution in [3.05, 3.63) is 34.3 Å². The van der Waals surface area contributed by atoms with Gasteiger partial charge in [-0.25, -0.2) is 14.6 Å². The summed E-state index contributed by atoms with van der Waals surface area (Å²) >= 11 is 1.64. The second kappa shape index (κ2) is 10.3. The Morgan fingerprint density at radius 1 is 1.20 bits per heavy atom. The van der Waals surface area contributed by atoms with Crippen LogP contribution >= 0.6 is 11.3 Å². The Hall–Kier alpha value is -2.81. The van der Waals surface area contributed by atoms with Gasteiger partial charge < -0.3 is 20.1 Å². The maximum Gasteiger partial charge on any atom is 0.412 e. The number of carbonyl (C=O) groups excluding carboxylic acids is 2. The molecule has 8 nitrogen and oxygen atoms in total. The monoisotopic (exact) mass is 434 g/mol. The van der Waals surface area contributed by atoms with E-state index in [1.54, 1.807) is 50.3 Å². The van der Waals surface area contributed by atoms with Gasteiger partial charge in [0.25, 0.3) is 0 Å². The fraction of sp³-hybridized carbons (Fsp3) is 0.476. The largest absolute Gasteiger partial charge is 0.495 e. The molecule has 0 spiro atoms. The van der Waals surface area contributed by atoms with Crippen LogP contribution in [0.15, 0.2) is 23.6 Å². The molecule has 2 rings (SSSR count). The van der Waals surface area contributed by atoms with Crippen LogP contribution in [0.4, 0.5) is 21.0 Å². The average Bonchev–Trinajstić information content (AvgIpc) is 3.09. The summed E-state index contributed by atoms with van der Waals surface area (Å²) in [5.41, 5.74) is 1.25. The smallest absolute Gasteiger partial charge is 0.412 e. The van der Waals surface area contributed by atoms with Crippen LogP contribution in [0, 0.1) is 0 Å². The molecule has 0 saturated carbocycles. The standard InChI is InChI=1S/C21H30N4O4S/c1-13(2)18-23-15(12-30-18)9-10-22-19(26)24-14-7-8-17(28-6)16(11-14)25-20(27)29-21(3,4)5/h7-8,11-13H,9-10H2,1-6H3,(H,25,27)(H2,22,24,26). The molecule has 0 unspecified atom stereocenters. The van der Waals surface area contributed by atoms with Gasteiger partial charge in [0.2, 0.25) is 0 Å². The third-order valence-corrected chi connectivity index (χ3v) is 5.02. The minimum absolute atomic E-state index is 0.345. The Bertz CT molecular complexity index is 874. The minimum Gasteiger partial charge on any atom is -0.495 e. The van der Waals surface area contributed by atoms with E-state index in [1.807, 2.05) is 5.38 Å². The summed E-state index contributed by atoms with van der Waals surface area (Å²) in [4.78, 5) is 28.8. The first kappa shape index (κ1) is 23.5. The highest BCUT2D eigenvalue weighted by molar-refractivity contribution is 7.09. The predicted octanol–water partition coefficient (Wildman–Crippen LogP) is 4.99. The number of carbonyl (C=O) groups is 2. The number of hydrogen-bond donors (Lipinski definition) is 3. The van der Waals surface area contributed by atoms with Gasteiger partial charge in [0.05, 0.1) is 23.5 Å². The molecule has 9 heteroatoms. The van der Waals surface area contributed by atoms with Gasteiger partial charge in [0, 0.05) is 30.0 Å². The molecule has 0 radical (unpaired) electrons. The van der Waals surface area contributed by atoms with E-state index in [1.165, 1.54) is 7.11 Å². The summed E-state index contributed by atoms with van der Waals surface area (Å²) in [6, 6.07) is 4.61. The number of aromatic nitrogens is 1. The zero-order valence-corrected chi connectivity index (χ0v) is 19.1. The van der Waals surface area contributed by atoms with Crippen molar-refractivity contribution in [1.29, 1.82) is 0 Å². The third-order valence-electron chi connectivity index (χ3n) is 3.82. The number of nitrogens with one attached hydrogen (secondary N) is 3. The minimum atomic E-state index is -0.625. The SMILES string of the molecule is COc1ccc(NC(=O)NCCc2csc(C(C)C)n2)cc1NC(=O)OC(C)(C)C. The van der Waals surface area contributed by atoms with E-state index in [0.717, 1.165) is 10.7 Å². The van der Waals surface area contributed by atoms with Gasteiger partial charge in [-0.15, -0.1) is 11.3 Å². The summed E-state index contributed by atoms with van der Waals surface area (Å²) in [6.07, 6.45) is 0.0523. The number of methoxy groups -OCH3 is 1. The number of rotatable bonds is 7. The Kier molecular flexibility index (Phi) is 8.05. The lowest BCUT2D eigenvalue weighted by Crippen LogP contribution is -2.30. The Balaban J connectivity index is 1.91. The van der Waals surface area contributed by atoms with E-state index in [0.29, 0.717) is 36.0 Å². The summed E-state index contributed by atoms with van der Waals surface area (Å²) in [6.45, 7) is 10.0. The number of nitrogens with zero attached hydrogens (tertiary/aromatic N) is 1. The number of thiazole rings is 1. The molecular weight excluding hydrogens is 404 g/mol. The molecule has 0 aliphatic heterocycles. The maximum atomic E-state index is 12.2. The summed E-state index contributed by atoms with van der Waals surface area (Å²) in [7, 11) is 1.50. The highest BCUT2D eigenvalue weighted by Gasteiger charge is 2.18.